The molecule has 1 aliphatic rings. The van der Waals surface area contributed by atoms with Gasteiger partial charge in [0, 0.05) is 15.8 Å². The van der Waals surface area contributed by atoms with Gasteiger partial charge in [0.05, 0.1) is 0 Å². The number of rotatable bonds is 6. The van der Waals surface area contributed by atoms with E-state index in [1.165, 1.54) is 6.07 Å². The van der Waals surface area contributed by atoms with E-state index in [1.54, 1.807) is 25.1 Å². The second-order valence-corrected chi connectivity index (χ2v) is 10.5. The molecule has 0 spiro atoms. The van der Waals surface area contributed by atoms with Crippen LogP contribution in [0, 0.1) is 5.92 Å². The van der Waals surface area contributed by atoms with Crippen LogP contribution in [0.5, 0.6) is 0 Å². The van der Waals surface area contributed by atoms with E-state index in [2.05, 4.69) is 4.72 Å². The number of hydrogen-bond acceptors (Lipinski definition) is 4. The third kappa shape index (κ3) is 3.48. The lowest BCUT2D eigenvalue weighted by atomic mass is 10.1. The average Bonchev–Trinajstić information content (AvgIpc) is 3.05. The molecule has 1 unspecified atom stereocenters. The van der Waals surface area contributed by atoms with E-state index >= 15 is 0 Å². The van der Waals surface area contributed by atoms with Gasteiger partial charge in [-0.3, -0.25) is 4.79 Å². The smallest absolute Gasteiger partial charge is 0.325 e. The number of carbonyl (C=O) groups is 1. The molecule has 8 heteroatoms. The highest BCUT2D eigenvalue weighted by atomic mass is 35.5. The highest BCUT2D eigenvalue weighted by molar-refractivity contribution is 7.91. The van der Waals surface area contributed by atoms with E-state index in [9.17, 15) is 18.3 Å². The molecular formula is C21H18ClNO4S2. The largest absolute Gasteiger partial charge is 0.480 e. The van der Waals surface area contributed by atoms with Crippen LogP contribution in [0.15, 0.2) is 70.9 Å². The fraction of sp³-hybridized carbons (Fsp3) is 0.190. The van der Waals surface area contributed by atoms with Crippen molar-refractivity contribution in [2.24, 2.45) is 5.92 Å². The first-order valence-corrected chi connectivity index (χ1v) is 11.6. The Bertz CT molecular complexity index is 1160. The second-order valence-electron chi connectivity index (χ2n) is 7.08. The molecule has 2 aromatic carbocycles. The first-order valence-electron chi connectivity index (χ1n) is 8.94. The number of carboxylic acids is 1. The highest BCUT2D eigenvalue weighted by Crippen LogP contribution is 2.58. The summed E-state index contributed by atoms with van der Waals surface area (Å²) in [5, 5.41) is 10.5. The molecule has 29 heavy (non-hydrogen) atoms. The number of nitrogens with one attached hydrogen (secondary N) is 1. The number of hydrogen-bond donors (Lipinski definition) is 2. The Morgan fingerprint density at radius 3 is 2.34 bits per heavy atom. The number of thiophene rings is 1. The molecule has 1 fully saturated rings. The van der Waals surface area contributed by atoms with Gasteiger partial charge >= 0.3 is 5.97 Å². The van der Waals surface area contributed by atoms with Gasteiger partial charge in [0.1, 0.15) is 9.75 Å². The molecule has 0 bridgehead atoms. The van der Waals surface area contributed by atoms with Gasteiger partial charge in [0.25, 0.3) is 10.0 Å². The quantitative estimate of drug-likeness (QED) is 0.578. The normalized spacial score (nSPS) is 23.7. The van der Waals surface area contributed by atoms with Gasteiger partial charge in [-0.15, -0.1) is 11.3 Å². The number of sulfonamides is 1. The molecule has 4 rings (SSSR count). The Hall–Kier alpha value is -2.19. The molecule has 3 aromatic rings. The van der Waals surface area contributed by atoms with Crippen LogP contribution in [0.3, 0.4) is 0 Å². The zero-order chi connectivity index (χ0) is 20.8. The number of benzene rings is 2. The third-order valence-electron chi connectivity index (χ3n) is 5.39. The molecule has 0 amide bonds. The predicted octanol–water partition coefficient (Wildman–Crippen LogP) is 4.60. The number of aliphatic carboxylic acids is 1. The molecule has 0 radical (unpaired) electrons. The average molecular weight is 448 g/mol. The van der Waals surface area contributed by atoms with Gasteiger partial charge in [-0.1, -0.05) is 61.0 Å². The van der Waals surface area contributed by atoms with Gasteiger partial charge in [0.2, 0.25) is 0 Å². The summed E-state index contributed by atoms with van der Waals surface area (Å²) in [5.74, 6) is -1.96. The summed E-state index contributed by atoms with van der Waals surface area (Å²) in [6, 6.07) is 19.4. The summed E-state index contributed by atoms with van der Waals surface area (Å²) in [6.45, 7) is 1.75. The number of halogens is 1. The van der Waals surface area contributed by atoms with Crippen LogP contribution in [0.4, 0.5) is 0 Å². The monoisotopic (exact) mass is 447 g/mol. The van der Waals surface area contributed by atoms with Crippen LogP contribution in [0.25, 0.3) is 10.4 Å². The molecule has 0 saturated heterocycles. The summed E-state index contributed by atoms with van der Waals surface area (Å²) in [5.41, 5.74) is 0.0961. The maximum atomic E-state index is 13.0. The van der Waals surface area contributed by atoms with Gasteiger partial charge in [0.15, 0.2) is 0 Å². The Morgan fingerprint density at radius 2 is 1.72 bits per heavy atom. The lowest BCUT2D eigenvalue weighted by Gasteiger charge is -2.15. The Balaban J connectivity index is 1.64. The summed E-state index contributed by atoms with van der Waals surface area (Å²) in [4.78, 5) is 12.9. The minimum atomic E-state index is -4.01. The maximum Gasteiger partial charge on any atom is 0.325 e. The van der Waals surface area contributed by atoms with Crippen LogP contribution in [0.1, 0.15) is 18.4 Å². The van der Waals surface area contributed by atoms with E-state index < -0.39 is 27.4 Å². The predicted molar refractivity (Wildman–Crippen MR) is 114 cm³/mol. The molecule has 3 atom stereocenters. The van der Waals surface area contributed by atoms with Gasteiger partial charge < -0.3 is 5.11 Å². The molecular weight excluding hydrogens is 430 g/mol. The molecule has 150 valence electrons. The molecule has 1 saturated carbocycles. The fourth-order valence-corrected chi connectivity index (χ4v) is 6.70. The van der Waals surface area contributed by atoms with E-state index in [0.717, 1.165) is 27.3 Å². The molecule has 0 aliphatic heterocycles. The molecule has 1 aliphatic carbocycles. The van der Waals surface area contributed by atoms with Crippen molar-refractivity contribution in [2.45, 2.75) is 22.6 Å². The zero-order valence-corrected chi connectivity index (χ0v) is 17.8. The van der Waals surface area contributed by atoms with Crippen molar-refractivity contribution in [3.05, 3.63) is 77.3 Å². The summed E-state index contributed by atoms with van der Waals surface area (Å²) in [6.07, 6.45) is 0. The fourth-order valence-electron chi connectivity index (χ4n) is 3.81. The molecule has 2 N–H and O–H groups in total. The highest BCUT2D eigenvalue weighted by Gasteiger charge is 2.70. The van der Waals surface area contributed by atoms with Crippen molar-refractivity contribution in [1.82, 2.24) is 4.72 Å². The van der Waals surface area contributed by atoms with Crippen LogP contribution in [0.2, 0.25) is 5.02 Å². The van der Waals surface area contributed by atoms with Gasteiger partial charge in [-0.2, -0.15) is 4.72 Å². The summed E-state index contributed by atoms with van der Waals surface area (Å²) < 4.78 is 28.6. The number of carboxylic acid groups (broad SMARTS) is 1. The lowest BCUT2D eigenvalue weighted by molar-refractivity contribution is -0.140. The zero-order valence-electron chi connectivity index (χ0n) is 15.4. The molecule has 1 heterocycles. The van der Waals surface area contributed by atoms with Crippen molar-refractivity contribution in [1.29, 1.82) is 0 Å². The third-order valence-corrected chi connectivity index (χ3v) is 8.75. The minimum Gasteiger partial charge on any atom is -0.480 e. The Kier molecular flexibility index (Phi) is 5.02. The lowest BCUT2D eigenvalue weighted by Crippen LogP contribution is -2.45. The van der Waals surface area contributed by atoms with Crippen molar-refractivity contribution in [3.63, 3.8) is 0 Å². The van der Waals surface area contributed by atoms with E-state index in [4.69, 9.17) is 11.6 Å². The van der Waals surface area contributed by atoms with E-state index in [1.807, 2.05) is 42.5 Å². The summed E-state index contributed by atoms with van der Waals surface area (Å²) in [7, 11) is -4.01. The maximum absolute atomic E-state index is 13.0. The molecule has 1 aromatic heterocycles. The van der Waals surface area contributed by atoms with Crippen molar-refractivity contribution in [2.75, 3.05) is 0 Å². The Morgan fingerprint density at radius 1 is 1.07 bits per heavy atom. The van der Waals surface area contributed by atoms with Crippen LogP contribution >= 0.6 is 22.9 Å². The van der Waals surface area contributed by atoms with Crippen LogP contribution in [-0.2, 0) is 14.8 Å². The molecule has 5 nitrogen and oxygen atoms in total. The SMILES string of the molecule is CC1[C@@H](c2ccccc2)[C@]1(NS(=O)(=O)c1ccc(-c2ccc(Cl)cc2)s1)C(=O)O. The topological polar surface area (TPSA) is 83.5 Å². The van der Waals surface area contributed by atoms with Crippen LogP contribution < -0.4 is 4.72 Å². The van der Waals surface area contributed by atoms with Gasteiger partial charge in [-0.05, 0) is 41.3 Å². The van der Waals surface area contributed by atoms with Crippen molar-refractivity contribution in [3.8, 4) is 10.4 Å². The van der Waals surface area contributed by atoms with E-state index in [-0.39, 0.29) is 10.1 Å². The minimum absolute atomic E-state index is 0.0778. The van der Waals surface area contributed by atoms with E-state index in [0.29, 0.717) is 5.02 Å². The second kappa shape index (κ2) is 7.25. The standard InChI is InChI=1S/C21H18ClNO4S2/c1-13-19(15-5-3-2-4-6-15)21(13,20(24)25)23-29(26,27)18-12-11-17(28-18)14-7-9-16(22)10-8-14/h2-13,19,23H,1H3,(H,24,25)/t13?,19-,21-/m0/s1. The Labute approximate surface area is 178 Å². The van der Waals surface area contributed by atoms with Crippen LogP contribution in [-0.4, -0.2) is 25.0 Å². The first-order chi connectivity index (χ1) is 13.8. The van der Waals surface area contributed by atoms with Gasteiger partial charge in [-0.25, -0.2) is 8.42 Å². The first kappa shape index (κ1) is 20.1. The summed E-state index contributed by atoms with van der Waals surface area (Å²) >= 11 is 7.00. The van der Waals surface area contributed by atoms with Crippen molar-refractivity contribution < 1.29 is 18.3 Å². The van der Waals surface area contributed by atoms with Crippen molar-refractivity contribution >= 4 is 38.9 Å².